The van der Waals surface area contributed by atoms with Crippen LogP contribution in [0, 0.1) is 5.92 Å². The van der Waals surface area contributed by atoms with E-state index in [1.165, 1.54) is 17.9 Å². The summed E-state index contributed by atoms with van der Waals surface area (Å²) >= 11 is 0. The molecule has 6 heteroatoms. The Morgan fingerprint density at radius 2 is 2.13 bits per heavy atom. The molecule has 2 rings (SSSR count). The fourth-order valence-electron chi connectivity index (χ4n) is 1.68. The van der Waals surface area contributed by atoms with Gasteiger partial charge in [0, 0.05) is 24.8 Å². The molecule has 2 N–H and O–H groups in total. The predicted octanol–water partition coefficient (Wildman–Crippen LogP) is 1.85. The molecule has 1 heterocycles. The van der Waals surface area contributed by atoms with Gasteiger partial charge in [0.05, 0.1) is 0 Å². The largest absolute Gasteiger partial charge is 0.435 e. The molecule has 84 valence electrons. The van der Waals surface area contributed by atoms with Gasteiger partial charge < -0.3 is 5.73 Å². The molecule has 0 amide bonds. The quantitative estimate of drug-likeness (QED) is 0.824. The minimum atomic E-state index is -4.41. The maximum Gasteiger partial charge on any atom is 0.435 e. The van der Waals surface area contributed by atoms with E-state index in [1.807, 2.05) is 0 Å². The highest BCUT2D eigenvalue weighted by atomic mass is 19.4. The number of hydrogen-bond donors (Lipinski definition) is 1. The lowest BCUT2D eigenvalue weighted by Crippen LogP contribution is -2.18. The zero-order chi connectivity index (χ0) is 11.2. The number of rotatable bonds is 2. The van der Waals surface area contributed by atoms with E-state index >= 15 is 0 Å². The normalized spacial score (nSPS) is 19.3. The van der Waals surface area contributed by atoms with E-state index in [-0.39, 0.29) is 11.5 Å². The fraction of sp³-hybridized carbons (Fsp3) is 0.667. The molecular formula is C9H12F3N3. The Kier molecular flexibility index (Phi) is 2.26. The van der Waals surface area contributed by atoms with Gasteiger partial charge in [-0.05, 0) is 18.8 Å². The summed E-state index contributed by atoms with van der Waals surface area (Å²) in [5.74, 6) is 0.190. The lowest BCUT2D eigenvalue weighted by Gasteiger charge is -2.11. The third-order valence-corrected chi connectivity index (χ3v) is 2.61. The van der Waals surface area contributed by atoms with Gasteiger partial charge in [-0.25, -0.2) is 0 Å². The van der Waals surface area contributed by atoms with Crippen molar-refractivity contribution in [3.8, 4) is 0 Å². The molecule has 1 aromatic heterocycles. The van der Waals surface area contributed by atoms with Crippen molar-refractivity contribution in [2.45, 2.75) is 25.1 Å². The SMILES string of the molecule is Cn1cc(C(N)C2CC2)c(C(F)(F)F)n1. The van der Waals surface area contributed by atoms with Crippen LogP contribution in [-0.2, 0) is 13.2 Å². The Morgan fingerprint density at radius 3 is 2.60 bits per heavy atom. The fourth-order valence-corrected chi connectivity index (χ4v) is 1.68. The smallest absolute Gasteiger partial charge is 0.324 e. The van der Waals surface area contributed by atoms with E-state index in [0.717, 1.165) is 12.8 Å². The van der Waals surface area contributed by atoms with Crippen LogP contribution < -0.4 is 5.73 Å². The number of halogens is 3. The maximum atomic E-state index is 12.6. The predicted molar refractivity (Wildman–Crippen MR) is 47.9 cm³/mol. The number of aromatic nitrogens is 2. The number of hydrogen-bond acceptors (Lipinski definition) is 2. The number of nitrogens with zero attached hydrogens (tertiary/aromatic N) is 2. The number of alkyl halides is 3. The van der Waals surface area contributed by atoms with Crippen LogP contribution in [0.2, 0.25) is 0 Å². The van der Waals surface area contributed by atoms with Gasteiger partial charge in [0.1, 0.15) is 0 Å². The molecule has 1 aliphatic rings. The first-order valence-corrected chi connectivity index (χ1v) is 4.76. The number of nitrogens with two attached hydrogens (primary N) is 1. The van der Waals surface area contributed by atoms with Gasteiger partial charge in [-0.3, -0.25) is 4.68 Å². The maximum absolute atomic E-state index is 12.6. The first-order valence-electron chi connectivity index (χ1n) is 4.76. The van der Waals surface area contributed by atoms with Gasteiger partial charge in [0.25, 0.3) is 0 Å². The lowest BCUT2D eigenvalue weighted by molar-refractivity contribution is -0.142. The van der Waals surface area contributed by atoms with Crippen LogP contribution in [0.4, 0.5) is 13.2 Å². The average molecular weight is 219 g/mol. The van der Waals surface area contributed by atoms with Crippen LogP contribution >= 0.6 is 0 Å². The highest BCUT2D eigenvalue weighted by Gasteiger charge is 2.41. The van der Waals surface area contributed by atoms with Crippen LogP contribution in [0.15, 0.2) is 6.20 Å². The lowest BCUT2D eigenvalue weighted by atomic mass is 10.0. The summed E-state index contributed by atoms with van der Waals surface area (Å²) in [6.45, 7) is 0. The van der Waals surface area contributed by atoms with Gasteiger partial charge in [-0.15, -0.1) is 0 Å². The van der Waals surface area contributed by atoms with Crippen LogP contribution in [0.1, 0.15) is 30.1 Å². The topological polar surface area (TPSA) is 43.8 Å². The molecule has 1 aliphatic carbocycles. The standard InChI is InChI=1S/C9H12F3N3/c1-15-4-6(7(13)5-2-3-5)8(14-15)9(10,11)12/h4-5,7H,2-3,13H2,1H3. The molecule has 1 aromatic rings. The minimum Gasteiger partial charge on any atom is -0.324 e. The molecule has 0 saturated heterocycles. The minimum absolute atomic E-state index is 0.118. The Bertz CT molecular complexity index is 365. The number of aryl methyl sites for hydroxylation is 1. The van der Waals surface area contributed by atoms with Gasteiger partial charge in [0.2, 0.25) is 0 Å². The van der Waals surface area contributed by atoms with E-state index in [0.29, 0.717) is 0 Å². The molecule has 3 nitrogen and oxygen atoms in total. The van der Waals surface area contributed by atoms with Crippen molar-refractivity contribution in [3.63, 3.8) is 0 Å². The van der Waals surface area contributed by atoms with Gasteiger partial charge in [0.15, 0.2) is 5.69 Å². The third-order valence-electron chi connectivity index (χ3n) is 2.61. The molecule has 15 heavy (non-hydrogen) atoms. The summed E-state index contributed by atoms with van der Waals surface area (Å²) < 4.78 is 38.9. The van der Waals surface area contributed by atoms with Crippen LogP contribution in [0.5, 0.6) is 0 Å². The van der Waals surface area contributed by atoms with Gasteiger partial charge in [-0.2, -0.15) is 18.3 Å². The highest BCUT2D eigenvalue weighted by Crippen LogP contribution is 2.42. The molecule has 1 saturated carbocycles. The Morgan fingerprint density at radius 1 is 1.53 bits per heavy atom. The molecule has 1 atom stereocenters. The van der Waals surface area contributed by atoms with E-state index in [9.17, 15) is 13.2 Å². The molecule has 1 unspecified atom stereocenters. The van der Waals surface area contributed by atoms with E-state index < -0.39 is 17.9 Å². The molecule has 0 bridgehead atoms. The van der Waals surface area contributed by atoms with E-state index in [1.54, 1.807) is 0 Å². The summed E-state index contributed by atoms with van der Waals surface area (Å²) in [6, 6.07) is -0.532. The monoisotopic (exact) mass is 219 g/mol. The highest BCUT2D eigenvalue weighted by molar-refractivity contribution is 5.25. The average Bonchev–Trinajstić information content (AvgIpc) is 2.86. The zero-order valence-corrected chi connectivity index (χ0v) is 8.25. The van der Waals surface area contributed by atoms with E-state index in [2.05, 4.69) is 5.10 Å². The van der Waals surface area contributed by atoms with E-state index in [4.69, 9.17) is 5.73 Å². The zero-order valence-electron chi connectivity index (χ0n) is 8.25. The third kappa shape index (κ3) is 1.99. The molecular weight excluding hydrogens is 207 g/mol. The second-order valence-corrected chi connectivity index (χ2v) is 3.97. The van der Waals surface area contributed by atoms with Gasteiger partial charge >= 0.3 is 6.18 Å². The molecule has 0 radical (unpaired) electrons. The van der Waals surface area contributed by atoms with Crippen molar-refractivity contribution < 1.29 is 13.2 Å². The Hall–Kier alpha value is -1.04. The van der Waals surface area contributed by atoms with Gasteiger partial charge in [-0.1, -0.05) is 0 Å². The van der Waals surface area contributed by atoms with Crippen LogP contribution in [-0.4, -0.2) is 9.78 Å². The summed E-state index contributed by atoms with van der Waals surface area (Å²) in [7, 11) is 1.47. The summed E-state index contributed by atoms with van der Waals surface area (Å²) in [4.78, 5) is 0. The van der Waals surface area contributed by atoms with Crippen LogP contribution in [0.3, 0.4) is 0 Å². The van der Waals surface area contributed by atoms with Crippen molar-refractivity contribution in [2.75, 3.05) is 0 Å². The molecule has 0 aliphatic heterocycles. The second kappa shape index (κ2) is 3.23. The molecule has 0 spiro atoms. The Labute approximate surface area is 85.1 Å². The summed E-state index contributed by atoms with van der Waals surface area (Å²) in [6.07, 6.45) is -1.23. The van der Waals surface area contributed by atoms with Crippen molar-refractivity contribution >= 4 is 0 Å². The Balaban J connectivity index is 2.36. The van der Waals surface area contributed by atoms with Crippen molar-refractivity contribution in [2.24, 2.45) is 18.7 Å². The summed E-state index contributed by atoms with van der Waals surface area (Å²) in [5.41, 5.74) is 5.03. The summed E-state index contributed by atoms with van der Waals surface area (Å²) in [5, 5.41) is 3.42. The van der Waals surface area contributed by atoms with Crippen molar-refractivity contribution in [1.29, 1.82) is 0 Å². The van der Waals surface area contributed by atoms with Crippen LogP contribution in [0.25, 0.3) is 0 Å². The van der Waals surface area contributed by atoms with Crippen molar-refractivity contribution in [3.05, 3.63) is 17.5 Å². The first kappa shape index (κ1) is 10.5. The molecule has 1 fully saturated rings. The molecule has 0 aromatic carbocycles. The second-order valence-electron chi connectivity index (χ2n) is 3.97. The van der Waals surface area contributed by atoms with Crippen molar-refractivity contribution in [1.82, 2.24) is 9.78 Å². The first-order chi connectivity index (χ1) is 6.89.